The van der Waals surface area contributed by atoms with Gasteiger partial charge in [0.05, 0.1) is 0 Å². The molecule has 0 amide bonds. The van der Waals surface area contributed by atoms with Crippen LogP contribution >= 0.6 is 12.4 Å². The maximum Gasteiger partial charge on any atom is 0.402 e. The Hall–Kier alpha value is -0.0900. The van der Waals surface area contributed by atoms with Gasteiger partial charge in [-0.05, 0) is 24.8 Å². The van der Waals surface area contributed by atoms with Gasteiger partial charge in [-0.15, -0.1) is 12.4 Å². The third kappa shape index (κ3) is 7.07. The molecule has 1 atom stereocenters. The van der Waals surface area contributed by atoms with Gasteiger partial charge in [-0.2, -0.15) is 26.3 Å². The Bertz CT molecular complexity index is 401. The second-order valence-electron chi connectivity index (χ2n) is 5.39. The normalized spacial score (nSPS) is 23.1. The highest BCUT2D eigenvalue weighted by atomic mass is 35.5. The van der Waals surface area contributed by atoms with Crippen molar-refractivity contribution in [2.75, 3.05) is 19.6 Å². The van der Waals surface area contributed by atoms with Gasteiger partial charge in [-0.25, -0.2) is 4.72 Å². The number of hydrogen-bond acceptors (Lipinski definition) is 3. The first kappa shape index (κ1) is 19.9. The van der Waals surface area contributed by atoms with Crippen LogP contribution in [0.15, 0.2) is 0 Å². The van der Waals surface area contributed by atoms with Crippen molar-refractivity contribution in [3.05, 3.63) is 0 Å². The standard InChI is InChI=1S/C10H20F3N3O2S.ClH/c1-9(2)4-3-5-14-8(9)6-15-19(17,18)16-7-10(11,12)13;/h8,14-16H,3-7H2,1-2H3;1H. The van der Waals surface area contributed by atoms with Crippen molar-refractivity contribution in [3.8, 4) is 0 Å². The maximum absolute atomic E-state index is 11.9. The van der Waals surface area contributed by atoms with Crippen LogP contribution in [0.25, 0.3) is 0 Å². The van der Waals surface area contributed by atoms with Crippen molar-refractivity contribution in [3.63, 3.8) is 0 Å². The summed E-state index contributed by atoms with van der Waals surface area (Å²) >= 11 is 0. The Morgan fingerprint density at radius 1 is 1.30 bits per heavy atom. The summed E-state index contributed by atoms with van der Waals surface area (Å²) in [5.41, 5.74) is -0.0925. The van der Waals surface area contributed by atoms with Gasteiger partial charge in [0.15, 0.2) is 0 Å². The van der Waals surface area contributed by atoms with E-state index < -0.39 is 22.9 Å². The summed E-state index contributed by atoms with van der Waals surface area (Å²) in [6.07, 6.45) is -2.61. The van der Waals surface area contributed by atoms with E-state index in [9.17, 15) is 21.6 Å². The molecule has 1 unspecified atom stereocenters. The topological polar surface area (TPSA) is 70.2 Å². The molecule has 5 nitrogen and oxygen atoms in total. The zero-order valence-electron chi connectivity index (χ0n) is 11.4. The van der Waals surface area contributed by atoms with E-state index >= 15 is 0 Å². The molecule has 0 radical (unpaired) electrons. The Balaban J connectivity index is 0.00000361. The van der Waals surface area contributed by atoms with Crippen LogP contribution in [0.5, 0.6) is 0 Å². The monoisotopic (exact) mass is 339 g/mol. The third-order valence-electron chi connectivity index (χ3n) is 3.27. The molecule has 0 aliphatic carbocycles. The van der Waals surface area contributed by atoms with Gasteiger partial charge >= 0.3 is 6.18 Å². The molecule has 122 valence electrons. The van der Waals surface area contributed by atoms with E-state index in [1.807, 2.05) is 13.8 Å². The highest BCUT2D eigenvalue weighted by Crippen LogP contribution is 2.29. The predicted molar refractivity (Wildman–Crippen MR) is 73.0 cm³/mol. The summed E-state index contributed by atoms with van der Waals surface area (Å²) in [5, 5.41) is 3.18. The van der Waals surface area contributed by atoms with Gasteiger partial charge in [-0.3, -0.25) is 0 Å². The molecule has 0 spiro atoms. The molecule has 1 heterocycles. The lowest BCUT2D eigenvalue weighted by atomic mass is 9.78. The lowest BCUT2D eigenvalue weighted by Gasteiger charge is -2.39. The summed E-state index contributed by atoms with van der Waals surface area (Å²) in [6, 6.07) is -0.0938. The van der Waals surface area contributed by atoms with E-state index in [2.05, 4.69) is 10.0 Å². The van der Waals surface area contributed by atoms with Crippen LogP contribution in [0, 0.1) is 5.41 Å². The van der Waals surface area contributed by atoms with E-state index in [1.165, 1.54) is 4.72 Å². The van der Waals surface area contributed by atoms with Crippen LogP contribution in [0.4, 0.5) is 13.2 Å². The number of rotatable bonds is 5. The Morgan fingerprint density at radius 2 is 1.90 bits per heavy atom. The largest absolute Gasteiger partial charge is 0.402 e. The van der Waals surface area contributed by atoms with Crippen LogP contribution in [-0.2, 0) is 10.2 Å². The molecular weight excluding hydrogens is 319 g/mol. The van der Waals surface area contributed by atoms with Crippen molar-refractivity contribution >= 4 is 22.6 Å². The predicted octanol–water partition coefficient (Wildman–Crippen LogP) is 1.17. The second-order valence-corrected chi connectivity index (χ2v) is 6.97. The minimum Gasteiger partial charge on any atom is -0.312 e. The highest BCUT2D eigenvalue weighted by molar-refractivity contribution is 7.87. The molecule has 0 saturated carbocycles. The Labute approximate surface area is 123 Å². The first-order valence-electron chi connectivity index (χ1n) is 6.06. The summed E-state index contributed by atoms with van der Waals surface area (Å²) in [7, 11) is -4.12. The van der Waals surface area contributed by atoms with E-state index in [0.717, 1.165) is 19.4 Å². The minimum absolute atomic E-state index is 0. The summed E-state index contributed by atoms with van der Waals surface area (Å²) in [5.74, 6) is 0. The molecule has 0 aromatic heterocycles. The minimum atomic E-state index is -4.56. The molecular formula is C10H21ClF3N3O2S. The van der Waals surface area contributed by atoms with Crippen LogP contribution in [0.3, 0.4) is 0 Å². The van der Waals surface area contributed by atoms with Crippen LogP contribution in [0.1, 0.15) is 26.7 Å². The van der Waals surface area contributed by atoms with Gasteiger partial charge in [0.2, 0.25) is 0 Å². The fraction of sp³-hybridized carbons (Fsp3) is 1.00. The number of hydrogen-bond donors (Lipinski definition) is 3. The highest BCUT2D eigenvalue weighted by Gasteiger charge is 2.33. The second kappa shape index (κ2) is 7.26. The van der Waals surface area contributed by atoms with Crippen LogP contribution in [0.2, 0.25) is 0 Å². The van der Waals surface area contributed by atoms with E-state index in [0.29, 0.717) is 0 Å². The quantitative estimate of drug-likeness (QED) is 0.704. The van der Waals surface area contributed by atoms with Gasteiger partial charge in [-0.1, -0.05) is 13.8 Å². The van der Waals surface area contributed by atoms with Gasteiger partial charge < -0.3 is 5.32 Å². The molecule has 1 fully saturated rings. The molecule has 0 aromatic carbocycles. The van der Waals surface area contributed by atoms with E-state index in [1.54, 1.807) is 0 Å². The lowest BCUT2D eigenvalue weighted by molar-refractivity contribution is -0.121. The summed E-state index contributed by atoms with van der Waals surface area (Å²) in [4.78, 5) is 0. The Kier molecular flexibility index (Phi) is 7.22. The molecule has 3 N–H and O–H groups in total. The molecule has 10 heteroatoms. The van der Waals surface area contributed by atoms with Gasteiger partial charge in [0.1, 0.15) is 6.54 Å². The summed E-state index contributed by atoms with van der Waals surface area (Å²) in [6.45, 7) is 3.29. The van der Waals surface area contributed by atoms with Crippen molar-refractivity contribution in [2.24, 2.45) is 5.41 Å². The SMILES string of the molecule is CC1(C)CCCNC1CNS(=O)(=O)NCC(F)(F)F.Cl. The van der Waals surface area contributed by atoms with Crippen molar-refractivity contribution < 1.29 is 21.6 Å². The van der Waals surface area contributed by atoms with Crippen molar-refractivity contribution in [2.45, 2.75) is 38.9 Å². The molecule has 20 heavy (non-hydrogen) atoms. The third-order valence-corrected chi connectivity index (χ3v) is 4.34. The first-order chi connectivity index (χ1) is 8.52. The fourth-order valence-corrected chi connectivity index (χ4v) is 2.88. The molecule has 1 saturated heterocycles. The van der Waals surface area contributed by atoms with Crippen LogP contribution < -0.4 is 14.8 Å². The number of nitrogens with one attached hydrogen (secondary N) is 3. The van der Waals surface area contributed by atoms with E-state index in [-0.39, 0.29) is 30.4 Å². The zero-order valence-corrected chi connectivity index (χ0v) is 13.0. The van der Waals surface area contributed by atoms with Gasteiger partial charge in [0.25, 0.3) is 10.2 Å². The summed E-state index contributed by atoms with van der Waals surface area (Å²) < 4.78 is 62.2. The molecule has 1 aliphatic heterocycles. The average molecular weight is 340 g/mol. The van der Waals surface area contributed by atoms with Crippen LogP contribution in [-0.4, -0.2) is 40.3 Å². The first-order valence-corrected chi connectivity index (χ1v) is 7.55. The molecule has 1 rings (SSSR count). The zero-order chi connectivity index (χ0) is 14.7. The molecule has 0 bridgehead atoms. The maximum atomic E-state index is 11.9. The fourth-order valence-electron chi connectivity index (χ4n) is 2.04. The van der Waals surface area contributed by atoms with Crippen molar-refractivity contribution in [1.82, 2.24) is 14.8 Å². The van der Waals surface area contributed by atoms with Crippen molar-refractivity contribution in [1.29, 1.82) is 0 Å². The smallest absolute Gasteiger partial charge is 0.312 e. The Morgan fingerprint density at radius 3 is 2.40 bits per heavy atom. The average Bonchev–Trinajstić information content (AvgIpc) is 2.24. The number of piperidine rings is 1. The van der Waals surface area contributed by atoms with Gasteiger partial charge in [0, 0.05) is 12.6 Å². The lowest BCUT2D eigenvalue weighted by Crippen LogP contribution is -2.54. The molecule has 0 aromatic rings. The van der Waals surface area contributed by atoms with E-state index in [4.69, 9.17) is 0 Å². The molecule has 1 aliphatic rings. The number of halogens is 4. The number of alkyl halides is 3.